The molecule has 5 heterocycles. The number of nitrogens with zero attached hydrogens (tertiary/aromatic N) is 2. The second-order valence-corrected chi connectivity index (χ2v) is 11.5. The van der Waals surface area contributed by atoms with Gasteiger partial charge in [0.2, 0.25) is 10.0 Å². The number of fused-ring (bicyclic) bond motifs is 4. The summed E-state index contributed by atoms with van der Waals surface area (Å²) in [5.74, 6) is 5.58. The molecule has 0 aliphatic carbocycles. The molecule has 3 aliphatic heterocycles. The summed E-state index contributed by atoms with van der Waals surface area (Å²) in [4.78, 5) is 12.8. The second-order valence-electron chi connectivity index (χ2n) is 9.69. The molecule has 2 aromatic heterocycles. The van der Waals surface area contributed by atoms with Crippen molar-refractivity contribution in [1.29, 1.82) is 0 Å². The molecule has 0 unspecified atom stereocenters. The van der Waals surface area contributed by atoms with Crippen molar-refractivity contribution in [2.45, 2.75) is 27.2 Å². The first kappa shape index (κ1) is 24.2. The van der Waals surface area contributed by atoms with Gasteiger partial charge in [0, 0.05) is 41.3 Å². The molecule has 38 heavy (non-hydrogen) atoms. The van der Waals surface area contributed by atoms with Crippen molar-refractivity contribution in [3.63, 3.8) is 0 Å². The molecule has 0 radical (unpaired) electrons. The van der Waals surface area contributed by atoms with Crippen molar-refractivity contribution in [3.05, 3.63) is 86.2 Å². The maximum absolute atomic E-state index is 15.8. The van der Waals surface area contributed by atoms with Crippen LogP contribution in [-0.2, 0) is 10.0 Å². The van der Waals surface area contributed by atoms with Crippen molar-refractivity contribution in [2.24, 2.45) is 0 Å². The van der Waals surface area contributed by atoms with Crippen LogP contribution in [0.1, 0.15) is 41.4 Å². The standard InChI is InChI=1S/C27H22BF2N3O4S/c1-16-10-18(3)32-24(16)15-25-17(2)11-22(33(25)28(32,29)30)8-7-20-12-21-13-23-19(14-26(21)37-27(20)34)6-4-5-9-38(35,36)31-23/h7-8,10-15,31H,5,9H2,1-3H3. The van der Waals surface area contributed by atoms with E-state index in [0.29, 0.717) is 33.6 Å². The van der Waals surface area contributed by atoms with Crippen LogP contribution in [0.4, 0.5) is 14.3 Å². The highest BCUT2D eigenvalue weighted by molar-refractivity contribution is 7.92. The van der Waals surface area contributed by atoms with Crippen LogP contribution in [0.25, 0.3) is 23.1 Å². The molecule has 0 spiro atoms. The van der Waals surface area contributed by atoms with Crippen molar-refractivity contribution >= 4 is 51.5 Å². The Balaban J connectivity index is 1.45. The van der Waals surface area contributed by atoms with Gasteiger partial charge in [-0.3, -0.25) is 4.72 Å². The van der Waals surface area contributed by atoms with Gasteiger partial charge in [0.05, 0.1) is 22.6 Å². The third-order valence-corrected chi connectivity index (χ3v) is 8.26. The minimum Gasteiger partial charge on any atom is -0.422 e. The van der Waals surface area contributed by atoms with Crippen LogP contribution < -0.4 is 10.3 Å². The molecule has 1 N–H and O–H groups in total. The average molecular weight is 533 g/mol. The lowest BCUT2D eigenvalue weighted by Crippen LogP contribution is -2.50. The number of aryl methyl sites for hydroxylation is 2. The third kappa shape index (κ3) is 3.75. The van der Waals surface area contributed by atoms with E-state index in [1.165, 1.54) is 18.2 Å². The predicted molar refractivity (Wildman–Crippen MR) is 145 cm³/mol. The molecule has 7 nitrogen and oxygen atoms in total. The number of anilines is 1. The Labute approximate surface area is 217 Å². The Morgan fingerprint density at radius 1 is 1.13 bits per heavy atom. The zero-order valence-electron chi connectivity index (χ0n) is 20.8. The largest absolute Gasteiger partial charge is 0.737 e. The number of nitrogens with one attached hydrogen (secondary N) is 1. The lowest BCUT2D eigenvalue weighted by Gasteiger charge is -2.30. The van der Waals surface area contributed by atoms with E-state index in [-0.39, 0.29) is 34.7 Å². The number of allylic oxidation sites excluding steroid dienone is 3. The Morgan fingerprint density at radius 2 is 1.92 bits per heavy atom. The zero-order chi connectivity index (χ0) is 27.0. The molecule has 0 saturated heterocycles. The topological polar surface area (TPSA) is 84.3 Å². The Morgan fingerprint density at radius 3 is 2.71 bits per heavy atom. The summed E-state index contributed by atoms with van der Waals surface area (Å²) in [7, 11) is -3.57. The minimum absolute atomic E-state index is 0.121. The monoisotopic (exact) mass is 533 g/mol. The summed E-state index contributed by atoms with van der Waals surface area (Å²) in [6.45, 7) is 1.09. The van der Waals surface area contributed by atoms with E-state index in [1.54, 1.807) is 44.2 Å². The number of hydrogen-bond acceptors (Lipinski definition) is 4. The van der Waals surface area contributed by atoms with Crippen LogP contribution in [0.5, 0.6) is 0 Å². The molecule has 0 fully saturated rings. The Bertz CT molecular complexity index is 1950. The maximum atomic E-state index is 15.8. The van der Waals surface area contributed by atoms with E-state index >= 15 is 8.63 Å². The third-order valence-electron chi connectivity index (χ3n) is 6.99. The highest BCUT2D eigenvalue weighted by Crippen LogP contribution is 2.37. The smallest absolute Gasteiger partial charge is 0.422 e. The maximum Gasteiger partial charge on any atom is 0.737 e. The first-order valence-corrected chi connectivity index (χ1v) is 13.7. The molecule has 3 aromatic rings. The molecular formula is C27H22BF2N3O4S. The Hall–Kier alpha value is -4.17. The lowest BCUT2D eigenvalue weighted by molar-refractivity contribution is -0.361. The van der Waals surface area contributed by atoms with Crippen molar-refractivity contribution in [1.82, 2.24) is 4.48 Å². The number of benzene rings is 1. The molecule has 11 heteroatoms. The summed E-state index contributed by atoms with van der Waals surface area (Å²) < 4.78 is 66.2. The fraction of sp³-hybridized carbons (Fsp3) is 0.185. The average Bonchev–Trinajstić information content (AvgIpc) is 3.30. The van der Waals surface area contributed by atoms with Crippen molar-refractivity contribution < 1.29 is 26.0 Å². The first-order valence-electron chi connectivity index (χ1n) is 12.0. The van der Waals surface area contributed by atoms with Gasteiger partial charge in [-0.15, -0.1) is 0 Å². The normalized spacial score (nSPS) is 19.0. The summed E-state index contributed by atoms with van der Waals surface area (Å²) in [6.07, 6.45) is 6.51. The highest BCUT2D eigenvalue weighted by Gasteiger charge is 2.53. The van der Waals surface area contributed by atoms with E-state index in [1.807, 2.05) is 6.92 Å². The molecule has 1 aromatic carbocycles. The van der Waals surface area contributed by atoms with Crippen LogP contribution in [-0.4, -0.2) is 35.8 Å². The van der Waals surface area contributed by atoms with Gasteiger partial charge in [-0.05, 0) is 62.4 Å². The zero-order valence-corrected chi connectivity index (χ0v) is 21.6. The molecule has 0 atom stereocenters. The van der Waals surface area contributed by atoms with E-state index in [9.17, 15) is 13.2 Å². The van der Waals surface area contributed by atoms with Gasteiger partial charge in [-0.1, -0.05) is 11.8 Å². The van der Waals surface area contributed by atoms with Gasteiger partial charge >= 0.3 is 12.6 Å². The SMILES string of the molecule is CC1=CC(C=Cc2cc3cc4c(cc3oc2=O)C#CCCS(=O)(=O)N4)=[N+]2C1=Cc1c(C)cc(C)n1[B-]2(F)F. The summed E-state index contributed by atoms with van der Waals surface area (Å²) in [5.41, 5.74) is 3.50. The van der Waals surface area contributed by atoms with Crippen LogP contribution in [0.15, 0.2) is 56.9 Å². The van der Waals surface area contributed by atoms with Gasteiger partial charge in [0.15, 0.2) is 11.4 Å². The lowest BCUT2D eigenvalue weighted by atomic mass is 9.89. The van der Waals surface area contributed by atoms with Crippen LogP contribution >= 0.6 is 0 Å². The summed E-state index contributed by atoms with van der Waals surface area (Å²) >= 11 is 0. The number of rotatable bonds is 2. The van der Waals surface area contributed by atoms with Gasteiger partial charge in [-0.2, -0.15) is 0 Å². The fourth-order valence-electron chi connectivity index (χ4n) is 5.25. The number of aromatic nitrogens is 1. The van der Waals surface area contributed by atoms with Crippen LogP contribution in [0.3, 0.4) is 0 Å². The van der Waals surface area contributed by atoms with Crippen LogP contribution in [0.2, 0.25) is 0 Å². The molecule has 192 valence electrons. The van der Waals surface area contributed by atoms with Crippen LogP contribution in [0, 0.1) is 25.7 Å². The van der Waals surface area contributed by atoms with Crippen molar-refractivity contribution in [2.75, 3.05) is 10.5 Å². The van der Waals surface area contributed by atoms with E-state index in [4.69, 9.17) is 4.42 Å². The molecule has 3 aliphatic rings. The quantitative estimate of drug-likeness (QED) is 0.301. The number of halogens is 2. The molecule has 6 rings (SSSR count). The van der Waals surface area contributed by atoms with E-state index in [0.717, 1.165) is 14.5 Å². The highest BCUT2D eigenvalue weighted by atomic mass is 32.2. The Kier molecular flexibility index (Phi) is 5.20. The molecule has 0 saturated carbocycles. The van der Waals surface area contributed by atoms with Crippen molar-refractivity contribution in [3.8, 4) is 11.8 Å². The van der Waals surface area contributed by atoms with Gasteiger partial charge < -0.3 is 22.0 Å². The van der Waals surface area contributed by atoms with E-state index in [2.05, 4.69) is 16.6 Å². The number of sulfonamides is 1. The van der Waals surface area contributed by atoms with Gasteiger partial charge in [0.1, 0.15) is 5.58 Å². The summed E-state index contributed by atoms with van der Waals surface area (Å²) in [6, 6.07) is 6.35. The molecule has 0 amide bonds. The molecule has 0 bridgehead atoms. The summed E-state index contributed by atoms with van der Waals surface area (Å²) in [5, 5.41) is 0.465. The molecular weight excluding hydrogens is 511 g/mol. The van der Waals surface area contributed by atoms with E-state index < -0.39 is 22.6 Å². The second kappa shape index (κ2) is 8.17. The van der Waals surface area contributed by atoms with Gasteiger partial charge in [-0.25, -0.2) is 13.2 Å². The first-order chi connectivity index (χ1) is 17.9. The number of hydrogen-bond donors (Lipinski definition) is 1. The fourth-order valence-corrected chi connectivity index (χ4v) is 6.23. The predicted octanol–water partition coefficient (Wildman–Crippen LogP) is 4.41. The minimum atomic E-state index is -4.16. The van der Waals surface area contributed by atoms with Gasteiger partial charge in [0.25, 0.3) is 0 Å².